The summed E-state index contributed by atoms with van der Waals surface area (Å²) < 4.78 is 40.1. The summed E-state index contributed by atoms with van der Waals surface area (Å²) in [6.07, 6.45) is 1.76. The van der Waals surface area contributed by atoms with Gasteiger partial charge in [0.25, 0.3) is 0 Å². The first-order valence-electron chi connectivity index (χ1n) is 8.13. The van der Waals surface area contributed by atoms with E-state index in [1.807, 2.05) is 0 Å². The van der Waals surface area contributed by atoms with Crippen molar-refractivity contribution in [3.05, 3.63) is 11.1 Å². The van der Waals surface area contributed by atoms with Crippen molar-refractivity contribution in [2.75, 3.05) is 0 Å². The number of rotatable bonds is 1. The van der Waals surface area contributed by atoms with Crippen LogP contribution in [0.4, 0.5) is 13.2 Å². The Morgan fingerprint density at radius 1 is 1.09 bits per heavy atom. The highest BCUT2D eigenvalue weighted by Gasteiger charge is 2.54. The zero-order valence-electron chi connectivity index (χ0n) is 12.6. The number of halogens is 3. The van der Waals surface area contributed by atoms with E-state index in [0.29, 0.717) is 23.5 Å². The fourth-order valence-corrected chi connectivity index (χ4v) is 6.01. The molecule has 5 aliphatic rings. The van der Waals surface area contributed by atoms with Gasteiger partial charge in [-0.3, -0.25) is 0 Å². The molecule has 0 radical (unpaired) electrons. The zero-order valence-corrected chi connectivity index (χ0v) is 13.4. The Balaban J connectivity index is 1.72. The number of hydrogen-bond donors (Lipinski definition) is 0. The van der Waals surface area contributed by atoms with Gasteiger partial charge in [0.15, 0.2) is 0 Å². The highest BCUT2D eigenvalue weighted by Crippen LogP contribution is 2.61. The molecule has 0 unspecified atom stereocenters. The molecule has 0 atom stereocenters. The fourth-order valence-electron chi connectivity index (χ4n) is 5.73. The molecule has 0 saturated heterocycles. The van der Waals surface area contributed by atoms with Gasteiger partial charge in [-0.25, -0.2) is 4.99 Å². The molecule has 0 spiro atoms. The fraction of sp³-hybridized carbons (Fsp3) is 0.706. The van der Waals surface area contributed by atoms with Crippen LogP contribution in [0, 0.1) is 34.5 Å². The van der Waals surface area contributed by atoms with Gasteiger partial charge in [-0.2, -0.15) is 18.4 Å². The molecule has 4 saturated carbocycles. The molecule has 0 aromatic carbocycles. The maximum atomic E-state index is 13.4. The highest BCUT2D eigenvalue weighted by atomic mass is 32.1. The summed E-state index contributed by atoms with van der Waals surface area (Å²) in [7, 11) is 0. The molecule has 4 aliphatic carbocycles. The quantitative estimate of drug-likeness (QED) is 0.647. The van der Waals surface area contributed by atoms with Crippen molar-refractivity contribution in [1.29, 1.82) is 5.26 Å². The Morgan fingerprint density at radius 2 is 1.61 bits per heavy atom. The molecule has 0 aromatic rings. The molecule has 0 aromatic heterocycles. The van der Waals surface area contributed by atoms with Crippen LogP contribution in [0.15, 0.2) is 16.1 Å². The summed E-state index contributed by atoms with van der Waals surface area (Å²) >= 11 is 5.04. The van der Waals surface area contributed by atoms with E-state index in [0.717, 1.165) is 19.3 Å². The largest absolute Gasteiger partial charge is 0.414 e. The molecule has 1 aliphatic heterocycles. The van der Waals surface area contributed by atoms with Crippen LogP contribution in [0.1, 0.15) is 44.9 Å². The third-order valence-corrected chi connectivity index (χ3v) is 6.50. The molecule has 122 valence electrons. The number of aliphatic imine (C=N–C) groups is 1. The molecule has 4 fully saturated rings. The number of hydrogen-bond acceptors (Lipinski definition) is 2. The molecule has 0 amide bonds. The van der Waals surface area contributed by atoms with Crippen LogP contribution in [0.3, 0.4) is 0 Å². The SMILES string of the molecule is N#CC1=C(C(F)(F)F)CC(C23CC4CC(CC(C4)C2)C3)=NC1=S. The molecule has 1 heterocycles. The Bertz CT molecular complexity index is 646. The van der Waals surface area contributed by atoms with Crippen LogP contribution in [-0.4, -0.2) is 16.9 Å². The van der Waals surface area contributed by atoms with Crippen LogP contribution in [0.2, 0.25) is 0 Å². The van der Waals surface area contributed by atoms with Crippen molar-refractivity contribution in [2.45, 2.75) is 51.1 Å². The molecular weight excluding hydrogens is 321 g/mol. The second-order valence-corrected chi connectivity index (χ2v) is 8.09. The Labute approximate surface area is 138 Å². The number of alkyl halides is 3. The van der Waals surface area contributed by atoms with Crippen LogP contribution < -0.4 is 0 Å². The summed E-state index contributed by atoms with van der Waals surface area (Å²) in [4.78, 5) is 4.19. The van der Waals surface area contributed by atoms with Crippen molar-refractivity contribution < 1.29 is 13.2 Å². The molecule has 6 heteroatoms. The Hall–Kier alpha value is -1.22. The van der Waals surface area contributed by atoms with E-state index in [4.69, 9.17) is 17.5 Å². The van der Waals surface area contributed by atoms with E-state index in [2.05, 4.69) is 4.99 Å². The third-order valence-electron chi connectivity index (χ3n) is 6.20. The lowest BCUT2D eigenvalue weighted by Gasteiger charge is -2.57. The second-order valence-electron chi connectivity index (χ2n) is 7.70. The number of nitriles is 1. The first-order chi connectivity index (χ1) is 10.8. The topological polar surface area (TPSA) is 36.1 Å². The second kappa shape index (κ2) is 4.89. The highest BCUT2D eigenvalue weighted by molar-refractivity contribution is 7.80. The van der Waals surface area contributed by atoms with Gasteiger partial charge < -0.3 is 0 Å². The number of nitrogens with zero attached hydrogens (tertiary/aromatic N) is 2. The standard InChI is InChI=1S/C17H17F3N2S/c18-17(19,20)13-4-14(22-15(23)12(13)8-21)16-5-9-1-10(6-16)3-11(2-9)7-16/h9-11H,1-7H2. The summed E-state index contributed by atoms with van der Waals surface area (Å²) in [5.74, 6) is 1.90. The molecule has 5 rings (SSSR count). The van der Waals surface area contributed by atoms with Crippen LogP contribution in [0.25, 0.3) is 0 Å². The predicted octanol–water partition coefficient (Wildman–Crippen LogP) is 4.76. The van der Waals surface area contributed by atoms with E-state index >= 15 is 0 Å². The lowest BCUT2D eigenvalue weighted by molar-refractivity contribution is -0.0933. The van der Waals surface area contributed by atoms with Crippen LogP contribution in [0.5, 0.6) is 0 Å². The minimum absolute atomic E-state index is 0.170. The summed E-state index contributed by atoms with van der Waals surface area (Å²) in [6.45, 7) is 0. The summed E-state index contributed by atoms with van der Waals surface area (Å²) in [5, 5.41) is 9.05. The van der Waals surface area contributed by atoms with E-state index in [-0.39, 0.29) is 16.8 Å². The first-order valence-corrected chi connectivity index (χ1v) is 8.54. The van der Waals surface area contributed by atoms with Gasteiger partial charge in [-0.05, 0) is 56.3 Å². The van der Waals surface area contributed by atoms with Gasteiger partial charge in [-0.15, -0.1) is 0 Å². The Kier molecular flexibility index (Phi) is 3.26. The average Bonchev–Trinajstić information content (AvgIpc) is 2.44. The monoisotopic (exact) mass is 338 g/mol. The zero-order chi connectivity index (χ0) is 16.4. The van der Waals surface area contributed by atoms with E-state index < -0.39 is 17.3 Å². The van der Waals surface area contributed by atoms with Gasteiger partial charge in [0.2, 0.25) is 0 Å². The van der Waals surface area contributed by atoms with Gasteiger partial charge in [0.1, 0.15) is 11.1 Å². The molecular formula is C17H17F3N2S. The minimum Gasteiger partial charge on any atom is -0.244 e. The lowest BCUT2D eigenvalue weighted by Crippen LogP contribution is -2.51. The molecule has 23 heavy (non-hydrogen) atoms. The molecule has 0 N–H and O–H groups in total. The number of allylic oxidation sites excluding steroid dienone is 1. The number of dihydropyridines is 1. The van der Waals surface area contributed by atoms with Gasteiger partial charge >= 0.3 is 6.18 Å². The Morgan fingerprint density at radius 3 is 2.04 bits per heavy atom. The van der Waals surface area contributed by atoms with Crippen LogP contribution >= 0.6 is 12.2 Å². The number of thiocarbonyl (C=S) groups is 1. The van der Waals surface area contributed by atoms with Crippen molar-refractivity contribution in [1.82, 2.24) is 0 Å². The maximum absolute atomic E-state index is 13.4. The van der Waals surface area contributed by atoms with Gasteiger partial charge in [0, 0.05) is 17.5 Å². The van der Waals surface area contributed by atoms with Crippen molar-refractivity contribution in [3.8, 4) is 6.07 Å². The van der Waals surface area contributed by atoms with Crippen molar-refractivity contribution in [3.63, 3.8) is 0 Å². The van der Waals surface area contributed by atoms with Crippen molar-refractivity contribution >= 4 is 22.9 Å². The summed E-state index contributed by atoms with van der Waals surface area (Å²) in [6, 6.07) is 1.62. The van der Waals surface area contributed by atoms with Gasteiger partial charge in [-0.1, -0.05) is 12.2 Å². The predicted molar refractivity (Wildman–Crippen MR) is 83.9 cm³/mol. The normalized spacial score (nSPS) is 39.5. The first kappa shape index (κ1) is 15.3. The van der Waals surface area contributed by atoms with Crippen LogP contribution in [-0.2, 0) is 0 Å². The average molecular weight is 338 g/mol. The van der Waals surface area contributed by atoms with E-state index in [9.17, 15) is 13.2 Å². The van der Waals surface area contributed by atoms with E-state index in [1.165, 1.54) is 19.3 Å². The lowest BCUT2D eigenvalue weighted by atomic mass is 9.48. The molecule has 2 nitrogen and oxygen atoms in total. The van der Waals surface area contributed by atoms with Gasteiger partial charge in [0.05, 0.1) is 11.1 Å². The van der Waals surface area contributed by atoms with Crippen molar-refractivity contribution in [2.24, 2.45) is 28.2 Å². The summed E-state index contributed by atoms with van der Waals surface area (Å²) in [5.41, 5.74) is -0.837. The molecule has 4 bridgehead atoms. The smallest absolute Gasteiger partial charge is 0.244 e. The maximum Gasteiger partial charge on any atom is 0.414 e. The minimum atomic E-state index is -4.52. The van der Waals surface area contributed by atoms with E-state index in [1.54, 1.807) is 6.07 Å². The third kappa shape index (κ3) is 2.36.